The van der Waals surface area contributed by atoms with E-state index in [4.69, 9.17) is 23.7 Å². The molecule has 1 aromatic heterocycles. The molecule has 1 fully saturated rings. The Morgan fingerprint density at radius 3 is 2.36 bits per heavy atom. The van der Waals surface area contributed by atoms with Crippen LogP contribution in [0.3, 0.4) is 0 Å². The second-order valence-corrected chi connectivity index (χ2v) is 11.4. The number of piperidine rings is 1. The molecular weight excluding hydrogens is 600 g/mol. The standard InChI is InChI=1S/C36H38N4O7/c1-43-31-13-7-25-21-33(31)46-30-8-6-26(32(22-30)44-2)23-39-35(42)36(14-18-40(19-15-36)24-27-5-3-4-16-37-27)47-29-11-9-28(10-12-29)45-20-17-38-34(25)41/h3-13,16,21-22H,14-15,17-20,23-24H2,1-2H3,(H,38,41)(H,39,42). The second-order valence-electron chi connectivity index (χ2n) is 11.4. The minimum absolute atomic E-state index is 0.197. The molecule has 1 saturated heterocycles. The maximum atomic E-state index is 14.0. The van der Waals surface area contributed by atoms with Crippen LogP contribution in [0, 0.1) is 0 Å². The smallest absolute Gasteiger partial charge is 0.264 e. The first-order valence-electron chi connectivity index (χ1n) is 15.6. The fraction of sp³-hybridized carbons (Fsp3) is 0.306. The van der Waals surface area contributed by atoms with Crippen LogP contribution in [0.5, 0.6) is 34.5 Å². The molecule has 11 heteroatoms. The lowest BCUT2D eigenvalue weighted by atomic mass is 9.89. The number of hydrogen-bond acceptors (Lipinski definition) is 9. The average molecular weight is 639 g/mol. The molecule has 244 valence electrons. The van der Waals surface area contributed by atoms with Gasteiger partial charge in [-0.15, -0.1) is 0 Å². The van der Waals surface area contributed by atoms with E-state index in [0.29, 0.717) is 72.5 Å². The number of carbonyl (C=O) groups excluding carboxylic acids is 2. The van der Waals surface area contributed by atoms with Gasteiger partial charge in [-0.1, -0.05) is 6.07 Å². The molecule has 5 aliphatic heterocycles. The number of likely N-dealkylation sites (tertiary alicyclic amines) is 1. The molecule has 0 unspecified atom stereocenters. The van der Waals surface area contributed by atoms with Gasteiger partial charge in [-0.05, 0) is 66.7 Å². The van der Waals surface area contributed by atoms with Crippen LogP contribution in [0.4, 0.5) is 0 Å². The van der Waals surface area contributed by atoms with E-state index in [1.54, 1.807) is 67.9 Å². The van der Waals surface area contributed by atoms with Crippen LogP contribution in [0.1, 0.15) is 34.5 Å². The second kappa shape index (κ2) is 14.4. The summed E-state index contributed by atoms with van der Waals surface area (Å²) in [5.41, 5.74) is 1.08. The highest BCUT2D eigenvalue weighted by atomic mass is 16.5. The lowest BCUT2D eigenvalue weighted by molar-refractivity contribution is -0.141. The maximum absolute atomic E-state index is 14.0. The van der Waals surface area contributed by atoms with Gasteiger partial charge in [0.15, 0.2) is 17.1 Å². The first-order chi connectivity index (χ1) is 22.9. The van der Waals surface area contributed by atoms with Crippen molar-refractivity contribution < 1.29 is 33.3 Å². The number of carbonyl (C=O) groups is 2. The molecule has 2 N–H and O–H groups in total. The quantitative estimate of drug-likeness (QED) is 0.327. The van der Waals surface area contributed by atoms with Crippen LogP contribution in [0.25, 0.3) is 0 Å². The zero-order valence-corrected chi connectivity index (χ0v) is 26.5. The average Bonchev–Trinajstić information content (AvgIpc) is 3.11. The van der Waals surface area contributed by atoms with E-state index in [1.807, 2.05) is 24.3 Å². The van der Waals surface area contributed by atoms with Crippen molar-refractivity contribution in [1.82, 2.24) is 20.5 Å². The summed E-state index contributed by atoms with van der Waals surface area (Å²) in [5.74, 6) is 2.57. The number of nitrogens with zero attached hydrogens (tertiary/aromatic N) is 2. The molecule has 6 heterocycles. The first-order valence-corrected chi connectivity index (χ1v) is 15.6. The van der Waals surface area contributed by atoms with Crippen molar-refractivity contribution in [2.24, 2.45) is 0 Å². The molecule has 47 heavy (non-hydrogen) atoms. The van der Waals surface area contributed by atoms with E-state index in [9.17, 15) is 9.59 Å². The van der Waals surface area contributed by atoms with E-state index >= 15 is 0 Å². The number of aromatic nitrogens is 1. The molecule has 0 aliphatic carbocycles. The minimum atomic E-state index is -1.08. The summed E-state index contributed by atoms with van der Waals surface area (Å²) in [4.78, 5) is 33.7. The van der Waals surface area contributed by atoms with Crippen LogP contribution in [0.15, 0.2) is 85.1 Å². The van der Waals surface area contributed by atoms with E-state index in [2.05, 4.69) is 20.5 Å². The lowest BCUT2D eigenvalue weighted by Gasteiger charge is -2.40. The molecular formula is C36H38N4O7. The van der Waals surface area contributed by atoms with Gasteiger partial charge in [-0.25, -0.2) is 0 Å². The van der Waals surface area contributed by atoms with Crippen molar-refractivity contribution in [2.75, 3.05) is 40.5 Å². The van der Waals surface area contributed by atoms with Crippen molar-refractivity contribution in [2.45, 2.75) is 31.5 Å². The summed E-state index contributed by atoms with van der Waals surface area (Å²) in [6, 6.07) is 23.4. The molecule has 0 radical (unpaired) electrons. The Kier molecular flexibility index (Phi) is 9.72. The van der Waals surface area contributed by atoms with Gasteiger partial charge in [0, 0.05) is 62.4 Å². The molecule has 9 rings (SSSR count). The van der Waals surface area contributed by atoms with Gasteiger partial charge in [0.25, 0.3) is 11.8 Å². The number of nitrogens with one attached hydrogen (secondary N) is 2. The van der Waals surface area contributed by atoms with Gasteiger partial charge in [0.05, 0.1) is 26.5 Å². The third kappa shape index (κ3) is 7.58. The van der Waals surface area contributed by atoms with E-state index < -0.39 is 5.60 Å². The summed E-state index contributed by atoms with van der Waals surface area (Å²) >= 11 is 0. The topological polar surface area (TPSA) is 120 Å². The van der Waals surface area contributed by atoms with Crippen LogP contribution < -0.4 is 34.3 Å². The Balaban J connectivity index is 1.27. The molecule has 0 atom stereocenters. The summed E-state index contributed by atoms with van der Waals surface area (Å²) in [5, 5.41) is 5.99. The highest BCUT2D eigenvalue weighted by Gasteiger charge is 2.44. The zero-order valence-electron chi connectivity index (χ0n) is 26.5. The number of rotatable bonds is 4. The van der Waals surface area contributed by atoms with Crippen LogP contribution in [0.2, 0.25) is 0 Å². The predicted octanol–water partition coefficient (Wildman–Crippen LogP) is 4.74. The van der Waals surface area contributed by atoms with Crippen molar-refractivity contribution in [3.05, 3.63) is 102 Å². The molecule has 1 spiro atoms. The van der Waals surface area contributed by atoms with Gasteiger partial charge in [0.1, 0.15) is 29.6 Å². The number of ether oxygens (including phenoxy) is 5. The Hall–Kier alpha value is -5.29. The number of hydrogen-bond donors (Lipinski definition) is 2. The Morgan fingerprint density at radius 1 is 0.851 bits per heavy atom. The zero-order chi connectivity index (χ0) is 32.6. The highest BCUT2D eigenvalue weighted by Crippen LogP contribution is 2.35. The SMILES string of the molecule is COc1cc2ccc1CNC(=O)C1(CCN(Cc3ccccn3)CC1)Oc1ccc(cc1)OCCNC(=O)c1ccc(OC)c(c1)O2. The summed E-state index contributed by atoms with van der Waals surface area (Å²) in [6.45, 7) is 2.80. The Bertz CT molecular complexity index is 1690. The van der Waals surface area contributed by atoms with Gasteiger partial charge >= 0.3 is 0 Å². The molecule has 11 nitrogen and oxygen atoms in total. The van der Waals surface area contributed by atoms with E-state index in [0.717, 1.165) is 11.3 Å². The summed E-state index contributed by atoms with van der Waals surface area (Å²) in [6.07, 6.45) is 2.78. The Morgan fingerprint density at radius 2 is 1.62 bits per heavy atom. The van der Waals surface area contributed by atoms with E-state index in [1.165, 1.54) is 7.11 Å². The molecule has 6 bridgehead atoms. The van der Waals surface area contributed by atoms with Crippen LogP contribution >= 0.6 is 0 Å². The Labute approximate surface area is 273 Å². The summed E-state index contributed by atoms with van der Waals surface area (Å²) in [7, 11) is 3.10. The van der Waals surface area contributed by atoms with Gasteiger partial charge in [0.2, 0.25) is 0 Å². The van der Waals surface area contributed by atoms with Crippen molar-refractivity contribution in [3.63, 3.8) is 0 Å². The van der Waals surface area contributed by atoms with Crippen LogP contribution in [-0.2, 0) is 17.9 Å². The molecule has 2 amide bonds. The van der Waals surface area contributed by atoms with Crippen molar-refractivity contribution >= 4 is 11.8 Å². The predicted molar refractivity (Wildman–Crippen MR) is 174 cm³/mol. The molecule has 3 aromatic carbocycles. The first kappa shape index (κ1) is 31.7. The van der Waals surface area contributed by atoms with Gasteiger partial charge < -0.3 is 34.3 Å². The minimum Gasteiger partial charge on any atom is -0.496 e. The third-order valence-electron chi connectivity index (χ3n) is 8.33. The normalized spacial score (nSPS) is 16.8. The molecule has 0 saturated carbocycles. The monoisotopic (exact) mass is 638 g/mol. The van der Waals surface area contributed by atoms with Crippen molar-refractivity contribution in [3.8, 4) is 34.5 Å². The highest BCUT2D eigenvalue weighted by molar-refractivity contribution is 5.95. The van der Waals surface area contributed by atoms with Crippen LogP contribution in [-0.4, -0.2) is 67.8 Å². The number of benzene rings is 3. The van der Waals surface area contributed by atoms with Crippen molar-refractivity contribution in [1.29, 1.82) is 0 Å². The molecule has 5 aliphatic rings. The number of methoxy groups -OCH3 is 2. The maximum Gasteiger partial charge on any atom is 0.264 e. The van der Waals surface area contributed by atoms with Gasteiger partial charge in [-0.2, -0.15) is 0 Å². The lowest BCUT2D eigenvalue weighted by Crippen LogP contribution is -2.57. The number of amides is 2. The largest absolute Gasteiger partial charge is 0.496 e. The van der Waals surface area contributed by atoms with Gasteiger partial charge in [-0.3, -0.25) is 19.5 Å². The number of pyridine rings is 1. The molecule has 4 aromatic rings. The van der Waals surface area contributed by atoms with E-state index in [-0.39, 0.29) is 31.5 Å². The fourth-order valence-corrected chi connectivity index (χ4v) is 5.73. The third-order valence-corrected chi connectivity index (χ3v) is 8.33. The summed E-state index contributed by atoms with van der Waals surface area (Å²) < 4.78 is 29.7. The fourth-order valence-electron chi connectivity index (χ4n) is 5.73.